The minimum atomic E-state index is -0.721. The van der Waals surface area contributed by atoms with Gasteiger partial charge >= 0.3 is 196 Å². The molecule has 7 rings (SSSR count). The van der Waals surface area contributed by atoms with Gasteiger partial charge in [0.2, 0.25) is 0 Å². The molecule has 3 aliphatic rings. The molecule has 190 valence electrons. The van der Waals surface area contributed by atoms with Gasteiger partial charge < -0.3 is 24.8 Å². The van der Waals surface area contributed by atoms with Crippen LogP contribution in [0.25, 0.3) is 32.7 Å². The summed E-state index contributed by atoms with van der Waals surface area (Å²) >= 11 is -0.721. The third kappa shape index (κ3) is 6.60. The number of fused-ring (bicyclic) bond motifs is 2. The van der Waals surface area contributed by atoms with Crippen molar-refractivity contribution in [2.24, 2.45) is 0 Å². The van der Waals surface area contributed by atoms with E-state index < -0.39 is 23.2 Å². The maximum Gasteiger partial charge on any atom is 0.0197 e. The Morgan fingerprint density at radius 1 is 0.526 bits per heavy atom. The van der Waals surface area contributed by atoms with E-state index in [1.807, 2.05) is 0 Å². The van der Waals surface area contributed by atoms with Gasteiger partial charge in [0.05, 0.1) is 0 Å². The molecule has 0 unspecified atom stereocenters. The van der Waals surface area contributed by atoms with Gasteiger partial charge in [-0.25, -0.2) is 0 Å². The van der Waals surface area contributed by atoms with E-state index in [2.05, 4.69) is 109 Å². The van der Waals surface area contributed by atoms with E-state index in [1.54, 1.807) is 31.5 Å². The minimum Gasteiger partial charge on any atom is -1.00 e. The molecule has 1 heterocycles. The topological polar surface area (TPSA) is 0 Å². The zero-order valence-corrected chi connectivity index (χ0v) is 27.0. The summed E-state index contributed by atoms with van der Waals surface area (Å²) < 4.78 is 3.37. The van der Waals surface area contributed by atoms with Gasteiger partial charge in [0, 0.05) is 9.52 Å². The second-order valence-corrected chi connectivity index (χ2v) is 15.9. The Bertz CT molecular complexity index is 1410. The van der Waals surface area contributed by atoms with E-state index in [9.17, 15) is 0 Å². The van der Waals surface area contributed by atoms with Crippen LogP contribution in [-0.2, 0) is 23.2 Å². The number of hydrogen-bond donors (Lipinski definition) is 0. The Kier molecular flexibility index (Phi) is 10.6. The molecule has 38 heavy (non-hydrogen) atoms. The molecule has 0 saturated carbocycles. The second kappa shape index (κ2) is 13.9. The fourth-order valence-corrected chi connectivity index (χ4v) is 10.5. The Balaban J connectivity index is 0.000000434. The summed E-state index contributed by atoms with van der Waals surface area (Å²) in [4.78, 5) is 0. The number of rotatable bonds is 4. The maximum absolute atomic E-state index is 2.49. The number of allylic oxidation sites excluding steroid dienone is 8. The van der Waals surface area contributed by atoms with Crippen molar-refractivity contribution < 1.29 is 48.0 Å². The molecule has 0 N–H and O–H groups in total. The Labute approximate surface area is 253 Å². The first kappa shape index (κ1) is 29.0. The van der Waals surface area contributed by atoms with Gasteiger partial charge in [0.25, 0.3) is 0 Å². The van der Waals surface area contributed by atoms with Crippen LogP contribution >= 0.6 is 0 Å². The minimum absolute atomic E-state index is 0. The largest absolute Gasteiger partial charge is 1.00 e. The summed E-state index contributed by atoms with van der Waals surface area (Å²) in [6.07, 6.45) is 15.2. The van der Waals surface area contributed by atoms with Gasteiger partial charge in [-0.2, -0.15) is 0 Å². The SMILES string of the molecule is C1=[C]([Zr+2][C]2=CC(c3cccc4ccccc34)=CC2)CC=C1c1cccc2ccccc12.C1CC[SiH2]C1.[Cl-].[Cl-]. The molecule has 0 aromatic heterocycles. The van der Waals surface area contributed by atoms with E-state index >= 15 is 0 Å². The van der Waals surface area contributed by atoms with Gasteiger partial charge in [0.15, 0.2) is 0 Å². The van der Waals surface area contributed by atoms with Gasteiger partial charge in [-0.05, 0) is 0 Å². The van der Waals surface area contributed by atoms with Gasteiger partial charge in [0.1, 0.15) is 0 Å². The molecule has 0 bridgehead atoms. The summed E-state index contributed by atoms with van der Waals surface area (Å²) in [6.45, 7) is 0. The summed E-state index contributed by atoms with van der Waals surface area (Å²) in [6, 6.07) is 34.1. The van der Waals surface area contributed by atoms with Crippen LogP contribution in [0.15, 0.2) is 116 Å². The first-order valence-corrected chi connectivity index (χ1v) is 17.9. The van der Waals surface area contributed by atoms with Crippen molar-refractivity contribution in [3.8, 4) is 0 Å². The molecule has 0 radical (unpaired) electrons. The van der Waals surface area contributed by atoms with Crippen LogP contribution in [0.2, 0.25) is 12.1 Å². The zero-order chi connectivity index (χ0) is 24.2. The molecule has 4 heteroatoms. The smallest absolute Gasteiger partial charge is 0.0197 e. The van der Waals surface area contributed by atoms with E-state index in [0.717, 1.165) is 12.8 Å². The van der Waals surface area contributed by atoms with Crippen LogP contribution in [-0.4, -0.2) is 9.52 Å². The third-order valence-electron chi connectivity index (χ3n) is 7.52. The zero-order valence-electron chi connectivity index (χ0n) is 21.6. The maximum atomic E-state index is 2.49. The monoisotopic (exact) mass is 628 g/mol. The average Bonchev–Trinajstić information content (AvgIpc) is 3.73. The second-order valence-electron chi connectivity index (χ2n) is 10.0. The van der Waals surface area contributed by atoms with Crippen molar-refractivity contribution in [2.45, 2.75) is 37.8 Å². The summed E-state index contributed by atoms with van der Waals surface area (Å²) in [5, 5.41) is 5.37. The first-order valence-electron chi connectivity index (χ1n) is 13.4. The summed E-state index contributed by atoms with van der Waals surface area (Å²) in [5.74, 6) is 0. The molecule has 2 aliphatic carbocycles. The molecule has 1 aliphatic heterocycles. The van der Waals surface area contributed by atoms with Crippen molar-refractivity contribution >= 4 is 42.2 Å². The van der Waals surface area contributed by atoms with E-state index in [1.165, 1.54) is 43.8 Å². The fourth-order valence-electron chi connectivity index (χ4n) is 5.64. The predicted molar refractivity (Wildman–Crippen MR) is 157 cm³/mol. The Hall–Kier alpha value is -1.96. The van der Waals surface area contributed by atoms with E-state index in [0.29, 0.717) is 9.52 Å². The van der Waals surface area contributed by atoms with Crippen LogP contribution in [0.1, 0.15) is 36.8 Å². The molecular weight excluding hydrogens is 599 g/mol. The van der Waals surface area contributed by atoms with Crippen molar-refractivity contribution in [3.63, 3.8) is 0 Å². The van der Waals surface area contributed by atoms with Crippen LogP contribution in [0.3, 0.4) is 0 Å². The van der Waals surface area contributed by atoms with Crippen LogP contribution in [0, 0.1) is 0 Å². The molecule has 0 atom stereocenters. The van der Waals surface area contributed by atoms with Crippen LogP contribution in [0.4, 0.5) is 0 Å². The van der Waals surface area contributed by atoms with Crippen LogP contribution in [0.5, 0.6) is 0 Å². The van der Waals surface area contributed by atoms with Crippen molar-refractivity contribution in [2.75, 3.05) is 0 Å². The molecule has 4 aromatic rings. The standard InChI is InChI=1S/2C15H11.C4H10Si.2ClH.Zr/c2*1-2-7-12(6-1)15-11-5-9-13-8-3-4-10-14(13)15;1-2-4-5-3-1;;;/h2*3-11H,1H2;1-5H2;2*1H;/q;;;;;+2/p-2. The molecule has 0 amide bonds. The van der Waals surface area contributed by atoms with Crippen LogP contribution < -0.4 is 24.8 Å². The molecule has 4 aromatic carbocycles. The normalized spacial score (nSPS) is 15.8. The van der Waals surface area contributed by atoms with E-state index in [4.69, 9.17) is 0 Å². The Morgan fingerprint density at radius 3 is 1.42 bits per heavy atom. The summed E-state index contributed by atoms with van der Waals surface area (Å²) in [7, 11) is 0.543. The number of hydrogen-bond acceptors (Lipinski definition) is 0. The first-order chi connectivity index (χ1) is 17.8. The molecule has 1 fully saturated rings. The molecule has 0 nitrogen and oxygen atoms in total. The number of halogens is 2. The molecule has 1 saturated heterocycles. The van der Waals surface area contributed by atoms with Crippen molar-refractivity contribution in [1.29, 1.82) is 0 Å². The Morgan fingerprint density at radius 2 is 0.974 bits per heavy atom. The van der Waals surface area contributed by atoms with Crippen molar-refractivity contribution in [1.82, 2.24) is 0 Å². The summed E-state index contributed by atoms with van der Waals surface area (Å²) in [5.41, 5.74) is 5.58. The van der Waals surface area contributed by atoms with E-state index in [-0.39, 0.29) is 24.8 Å². The molecule has 0 spiro atoms. The molecular formula is C34H32Cl2SiZr. The van der Waals surface area contributed by atoms with Gasteiger partial charge in [-0.1, -0.05) is 24.9 Å². The van der Waals surface area contributed by atoms with Crippen molar-refractivity contribution in [3.05, 3.63) is 127 Å². The predicted octanol–water partition coefficient (Wildman–Crippen LogP) is 2.91. The third-order valence-corrected chi connectivity index (χ3v) is 12.8. The van der Waals surface area contributed by atoms with Gasteiger partial charge in [-0.15, -0.1) is 0 Å². The van der Waals surface area contributed by atoms with Gasteiger partial charge in [-0.3, -0.25) is 0 Å². The quantitative estimate of drug-likeness (QED) is 0.305. The fraction of sp³-hybridized carbons (Fsp3) is 0.176. The number of benzene rings is 4. The average molecular weight is 631 g/mol.